The van der Waals surface area contributed by atoms with E-state index in [1.807, 2.05) is 24.3 Å². The molecule has 0 spiro atoms. The largest absolute Gasteiger partial charge is 0.491 e. The SMILES string of the molecule is CCCCCCOc1ccccc1NC(=O)OC(COC)N1CCN(C)CC1. The zero-order chi connectivity index (χ0) is 20.2. The van der Waals surface area contributed by atoms with Crippen LogP contribution in [-0.2, 0) is 9.47 Å². The summed E-state index contributed by atoms with van der Waals surface area (Å²) >= 11 is 0. The number of nitrogens with zero attached hydrogens (tertiary/aromatic N) is 2. The van der Waals surface area contributed by atoms with Gasteiger partial charge in [0.2, 0.25) is 0 Å². The highest BCUT2D eigenvalue weighted by molar-refractivity contribution is 5.86. The Balaban J connectivity index is 1.88. The number of likely N-dealkylation sites (N-methyl/N-ethyl adjacent to an activating group) is 1. The molecule has 1 aliphatic heterocycles. The van der Waals surface area contributed by atoms with Gasteiger partial charge in [-0.2, -0.15) is 0 Å². The van der Waals surface area contributed by atoms with Crippen molar-refractivity contribution in [3.05, 3.63) is 24.3 Å². The molecule has 158 valence electrons. The van der Waals surface area contributed by atoms with Crippen LogP contribution in [0.5, 0.6) is 5.75 Å². The molecule has 2 rings (SSSR count). The van der Waals surface area contributed by atoms with Gasteiger partial charge >= 0.3 is 6.09 Å². The van der Waals surface area contributed by atoms with Gasteiger partial charge in [-0.05, 0) is 25.6 Å². The third kappa shape index (κ3) is 7.66. The molecule has 0 aromatic heterocycles. The number of carbonyl (C=O) groups is 1. The average molecular weight is 394 g/mol. The second-order valence-corrected chi connectivity index (χ2v) is 7.18. The summed E-state index contributed by atoms with van der Waals surface area (Å²) in [4.78, 5) is 16.9. The number of rotatable bonds is 11. The Morgan fingerprint density at radius 2 is 1.89 bits per heavy atom. The van der Waals surface area contributed by atoms with Crippen molar-refractivity contribution < 1.29 is 19.0 Å². The van der Waals surface area contributed by atoms with Crippen LogP contribution in [0, 0.1) is 0 Å². The molecule has 7 nitrogen and oxygen atoms in total. The first-order chi connectivity index (χ1) is 13.6. The maximum atomic E-state index is 12.5. The van der Waals surface area contributed by atoms with Crippen LogP contribution in [0.3, 0.4) is 0 Å². The molecule has 1 amide bonds. The molecule has 1 aromatic rings. The van der Waals surface area contributed by atoms with Crippen molar-refractivity contribution >= 4 is 11.8 Å². The summed E-state index contributed by atoms with van der Waals surface area (Å²) in [5.41, 5.74) is 0.623. The quantitative estimate of drug-likeness (QED) is 0.581. The minimum atomic E-state index is -0.497. The Morgan fingerprint density at radius 1 is 1.14 bits per heavy atom. The number of methoxy groups -OCH3 is 1. The lowest BCUT2D eigenvalue weighted by Gasteiger charge is -2.36. The molecule has 28 heavy (non-hydrogen) atoms. The van der Waals surface area contributed by atoms with E-state index < -0.39 is 12.3 Å². The van der Waals surface area contributed by atoms with Crippen molar-refractivity contribution in [1.29, 1.82) is 0 Å². The number of hydrogen-bond donors (Lipinski definition) is 1. The Bertz CT molecular complexity index is 577. The third-order valence-corrected chi connectivity index (χ3v) is 4.88. The zero-order valence-electron chi connectivity index (χ0n) is 17.5. The van der Waals surface area contributed by atoms with E-state index in [1.54, 1.807) is 7.11 Å². The van der Waals surface area contributed by atoms with Gasteiger partial charge < -0.3 is 19.1 Å². The van der Waals surface area contributed by atoms with E-state index in [4.69, 9.17) is 14.2 Å². The molecule has 1 N–H and O–H groups in total. The van der Waals surface area contributed by atoms with E-state index in [0.29, 0.717) is 24.7 Å². The van der Waals surface area contributed by atoms with E-state index in [0.717, 1.165) is 39.0 Å². The molecule has 1 fully saturated rings. The molecule has 1 saturated heterocycles. The maximum absolute atomic E-state index is 12.5. The normalized spacial score (nSPS) is 16.5. The fraction of sp³-hybridized carbons (Fsp3) is 0.667. The predicted molar refractivity (Wildman–Crippen MR) is 111 cm³/mol. The third-order valence-electron chi connectivity index (χ3n) is 4.88. The Kier molecular flexibility index (Phi) is 10.1. The van der Waals surface area contributed by atoms with Crippen LogP contribution >= 0.6 is 0 Å². The van der Waals surface area contributed by atoms with Crippen LogP contribution in [0.15, 0.2) is 24.3 Å². The highest BCUT2D eigenvalue weighted by Crippen LogP contribution is 2.24. The minimum absolute atomic E-state index is 0.340. The van der Waals surface area contributed by atoms with Gasteiger partial charge in [0.05, 0.1) is 18.9 Å². The molecular weight excluding hydrogens is 358 g/mol. The molecule has 1 aliphatic rings. The second-order valence-electron chi connectivity index (χ2n) is 7.18. The van der Waals surface area contributed by atoms with E-state index in [1.165, 1.54) is 12.8 Å². The number of benzene rings is 1. The van der Waals surface area contributed by atoms with Gasteiger partial charge in [0.1, 0.15) is 5.75 Å². The van der Waals surface area contributed by atoms with Gasteiger partial charge in [-0.3, -0.25) is 10.2 Å². The molecule has 0 aliphatic carbocycles. The first-order valence-electron chi connectivity index (χ1n) is 10.2. The maximum Gasteiger partial charge on any atom is 0.413 e. The molecule has 1 heterocycles. The highest BCUT2D eigenvalue weighted by Gasteiger charge is 2.26. The highest BCUT2D eigenvalue weighted by atomic mass is 16.6. The molecule has 7 heteroatoms. The van der Waals surface area contributed by atoms with E-state index >= 15 is 0 Å². The number of ether oxygens (including phenoxy) is 3. The fourth-order valence-corrected chi connectivity index (χ4v) is 3.14. The second kappa shape index (κ2) is 12.6. The number of unbranched alkanes of at least 4 members (excludes halogenated alkanes) is 3. The monoisotopic (exact) mass is 393 g/mol. The van der Waals surface area contributed by atoms with Crippen LogP contribution < -0.4 is 10.1 Å². The van der Waals surface area contributed by atoms with Gasteiger partial charge in [0.15, 0.2) is 6.23 Å². The van der Waals surface area contributed by atoms with E-state index in [-0.39, 0.29) is 0 Å². The standard InChI is InChI=1S/C21H35N3O4/c1-4-5-6-9-16-27-19-11-8-7-10-18(19)22-21(25)28-20(17-26-3)24-14-12-23(2)13-15-24/h7-8,10-11,20H,4-6,9,12-17H2,1-3H3,(H,22,25). The van der Waals surface area contributed by atoms with Crippen LogP contribution in [0.4, 0.5) is 10.5 Å². The molecular formula is C21H35N3O4. The number of amides is 1. The van der Waals surface area contributed by atoms with Crippen molar-refractivity contribution in [1.82, 2.24) is 9.80 Å². The summed E-state index contributed by atoms with van der Waals surface area (Å²) < 4.78 is 16.8. The number of hydrogen-bond acceptors (Lipinski definition) is 6. The number of nitrogens with one attached hydrogen (secondary N) is 1. The van der Waals surface area contributed by atoms with E-state index in [2.05, 4.69) is 29.1 Å². The smallest absolute Gasteiger partial charge is 0.413 e. The van der Waals surface area contributed by atoms with Crippen LogP contribution in [0.25, 0.3) is 0 Å². The van der Waals surface area contributed by atoms with Crippen LogP contribution in [-0.4, -0.2) is 75.7 Å². The number of piperazine rings is 1. The fourth-order valence-electron chi connectivity index (χ4n) is 3.14. The van der Waals surface area contributed by atoms with Gasteiger partial charge in [-0.25, -0.2) is 4.79 Å². The zero-order valence-corrected chi connectivity index (χ0v) is 17.5. The van der Waals surface area contributed by atoms with Crippen LogP contribution in [0.1, 0.15) is 32.6 Å². The number of anilines is 1. The number of carbonyl (C=O) groups excluding carboxylic acids is 1. The molecule has 1 atom stereocenters. The summed E-state index contributed by atoms with van der Waals surface area (Å²) in [5.74, 6) is 0.666. The lowest BCUT2D eigenvalue weighted by Crippen LogP contribution is -2.52. The summed E-state index contributed by atoms with van der Waals surface area (Å²) in [6, 6.07) is 7.45. The minimum Gasteiger partial charge on any atom is -0.491 e. The van der Waals surface area contributed by atoms with Crippen molar-refractivity contribution in [2.75, 3.05) is 58.9 Å². The lowest BCUT2D eigenvalue weighted by atomic mass is 10.2. The molecule has 0 bridgehead atoms. The summed E-state index contributed by atoms with van der Waals surface area (Å²) in [5, 5.41) is 2.82. The molecule has 0 radical (unpaired) electrons. The van der Waals surface area contributed by atoms with Crippen molar-refractivity contribution in [3.8, 4) is 5.75 Å². The Labute approximate surface area is 168 Å². The lowest BCUT2D eigenvalue weighted by molar-refractivity contribution is -0.0658. The Hall–Kier alpha value is -1.83. The van der Waals surface area contributed by atoms with Crippen molar-refractivity contribution in [2.45, 2.75) is 38.8 Å². The van der Waals surface area contributed by atoms with Gasteiger partial charge in [0, 0.05) is 33.3 Å². The number of para-hydroxylation sites is 2. The first-order valence-corrected chi connectivity index (χ1v) is 10.2. The molecule has 0 saturated carbocycles. The van der Waals surface area contributed by atoms with Gasteiger partial charge in [-0.1, -0.05) is 38.3 Å². The van der Waals surface area contributed by atoms with Crippen molar-refractivity contribution in [3.63, 3.8) is 0 Å². The summed E-state index contributed by atoms with van der Waals surface area (Å²) in [6.45, 7) is 6.74. The van der Waals surface area contributed by atoms with E-state index in [9.17, 15) is 4.79 Å². The average Bonchev–Trinajstić information content (AvgIpc) is 2.69. The molecule has 1 unspecified atom stereocenters. The molecule has 1 aromatic carbocycles. The predicted octanol–water partition coefficient (Wildman–Crippen LogP) is 3.41. The van der Waals surface area contributed by atoms with Crippen molar-refractivity contribution in [2.24, 2.45) is 0 Å². The van der Waals surface area contributed by atoms with Crippen LogP contribution in [0.2, 0.25) is 0 Å². The first kappa shape index (κ1) is 22.5. The summed E-state index contributed by atoms with van der Waals surface area (Å²) in [7, 11) is 3.71. The Morgan fingerprint density at radius 3 is 2.61 bits per heavy atom. The summed E-state index contributed by atoms with van der Waals surface area (Å²) in [6.07, 6.45) is 3.66. The van der Waals surface area contributed by atoms with Gasteiger partial charge in [-0.15, -0.1) is 0 Å². The van der Waals surface area contributed by atoms with Gasteiger partial charge in [0.25, 0.3) is 0 Å². The topological polar surface area (TPSA) is 63.3 Å².